The van der Waals surface area contributed by atoms with Gasteiger partial charge >= 0.3 is 0 Å². The smallest absolute Gasteiger partial charge is 0.166 e. The lowest BCUT2D eigenvalue weighted by atomic mass is 9.85. The minimum atomic E-state index is 0.189. The molecule has 2 heterocycles. The Bertz CT molecular complexity index is 500. The summed E-state index contributed by atoms with van der Waals surface area (Å²) < 4.78 is 10.5. The van der Waals surface area contributed by atoms with E-state index in [1.807, 2.05) is 24.3 Å². The van der Waals surface area contributed by atoms with Gasteiger partial charge < -0.3 is 14.4 Å². The SMILES string of the molecule is COCCOc1ccc(C(=O)C2CC3CCC(C2)N3C)cc1. The van der Waals surface area contributed by atoms with Crippen molar-refractivity contribution in [3.63, 3.8) is 0 Å². The lowest BCUT2D eigenvalue weighted by Crippen LogP contribution is -2.42. The van der Waals surface area contributed by atoms with Crippen LogP contribution in [0.4, 0.5) is 0 Å². The van der Waals surface area contributed by atoms with Gasteiger partial charge in [0.2, 0.25) is 0 Å². The Labute approximate surface area is 132 Å². The van der Waals surface area contributed by atoms with Gasteiger partial charge in [-0.2, -0.15) is 0 Å². The van der Waals surface area contributed by atoms with Gasteiger partial charge in [0, 0.05) is 30.7 Å². The molecule has 0 saturated carbocycles. The number of rotatable bonds is 6. The number of carbonyl (C=O) groups is 1. The Morgan fingerprint density at radius 1 is 1.14 bits per heavy atom. The number of carbonyl (C=O) groups excluding carboxylic acids is 1. The van der Waals surface area contributed by atoms with Crippen LogP contribution >= 0.6 is 0 Å². The monoisotopic (exact) mass is 303 g/mol. The Kier molecular flexibility index (Phi) is 4.79. The van der Waals surface area contributed by atoms with E-state index in [9.17, 15) is 4.79 Å². The van der Waals surface area contributed by atoms with Crippen LogP contribution in [0.3, 0.4) is 0 Å². The number of benzene rings is 1. The minimum absolute atomic E-state index is 0.189. The predicted molar refractivity (Wildman–Crippen MR) is 85.4 cm³/mol. The fourth-order valence-electron chi connectivity index (χ4n) is 3.82. The van der Waals surface area contributed by atoms with E-state index in [2.05, 4.69) is 11.9 Å². The molecule has 2 aliphatic heterocycles. The average Bonchev–Trinajstić information content (AvgIpc) is 2.76. The summed E-state index contributed by atoms with van der Waals surface area (Å²) in [4.78, 5) is 15.2. The first kappa shape index (κ1) is 15.5. The minimum Gasteiger partial charge on any atom is -0.491 e. The molecule has 0 radical (unpaired) electrons. The van der Waals surface area contributed by atoms with Crippen molar-refractivity contribution in [2.75, 3.05) is 27.4 Å². The Hall–Kier alpha value is -1.39. The lowest BCUT2D eigenvalue weighted by Gasteiger charge is -2.35. The fourth-order valence-corrected chi connectivity index (χ4v) is 3.82. The maximum atomic E-state index is 12.7. The molecule has 2 aliphatic rings. The number of ether oxygens (including phenoxy) is 2. The summed E-state index contributed by atoms with van der Waals surface area (Å²) in [5.41, 5.74) is 0.813. The van der Waals surface area contributed by atoms with Crippen LogP contribution in [0.5, 0.6) is 5.75 Å². The summed E-state index contributed by atoms with van der Waals surface area (Å²) in [5.74, 6) is 1.28. The lowest BCUT2D eigenvalue weighted by molar-refractivity contribution is 0.0767. The number of nitrogens with zero attached hydrogens (tertiary/aromatic N) is 1. The van der Waals surface area contributed by atoms with Gasteiger partial charge in [0.25, 0.3) is 0 Å². The number of piperidine rings is 1. The summed E-state index contributed by atoms with van der Waals surface area (Å²) in [6.07, 6.45) is 4.52. The highest BCUT2D eigenvalue weighted by Crippen LogP contribution is 2.38. The van der Waals surface area contributed by atoms with Crippen molar-refractivity contribution in [2.24, 2.45) is 5.92 Å². The maximum absolute atomic E-state index is 12.7. The quantitative estimate of drug-likeness (QED) is 0.598. The van der Waals surface area contributed by atoms with Crippen LogP contribution in [0.1, 0.15) is 36.0 Å². The highest BCUT2D eigenvalue weighted by molar-refractivity contribution is 5.98. The van der Waals surface area contributed by atoms with Crippen LogP contribution in [0.25, 0.3) is 0 Å². The van der Waals surface area contributed by atoms with Crippen molar-refractivity contribution in [1.29, 1.82) is 0 Å². The zero-order valence-electron chi connectivity index (χ0n) is 13.5. The summed E-state index contributed by atoms with van der Waals surface area (Å²) in [5, 5.41) is 0. The van der Waals surface area contributed by atoms with Gasteiger partial charge in [0.1, 0.15) is 12.4 Å². The third-order valence-corrected chi connectivity index (χ3v) is 5.16. The molecule has 2 atom stereocenters. The van der Waals surface area contributed by atoms with E-state index >= 15 is 0 Å². The summed E-state index contributed by atoms with van der Waals surface area (Å²) in [6.45, 7) is 1.10. The van der Waals surface area contributed by atoms with Crippen LogP contribution in [-0.2, 0) is 4.74 Å². The largest absolute Gasteiger partial charge is 0.491 e. The molecule has 0 aliphatic carbocycles. The Balaban J connectivity index is 1.60. The average molecular weight is 303 g/mol. The number of methoxy groups -OCH3 is 1. The molecule has 0 spiro atoms. The van der Waals surface area contributed by atoms with E-state index in [-0.39, 0.29) is 5.92 Å². The molecule has 3 rings (SSSR count). The molecule has 1 aromatic carbocycles. The van der Waals surface area contributed by atoms with Crippen molar-refractivity contribution >= 4 is 5.78 Å². The number of fused-ring (bicyclic) bond motifs is 2. The molecule has 2 unspecified atom stereocenters. The Morgan fingerprint density at radius 3 is 2.36 bits per heavy atom. The van der Waals surface area contributed by atoms with Crippen LogP contribution in [0.15, 0.2) is 24.3 Å². The molecule has 4 nitrogen and oxygen atoms in total. The second kappa shape index (κ2) is 6.80. The normalized spacial score (nSPS) is 27.8. The number of Topliss-reactive ketones (excluding diaryl/α,β-unsaturated/α-hetero) is 1. The van der Waals surface area contributed by atoms with Gasteiger partial charge in [-0.25, -0.2) is 0 Å². The van der Waals surface area contributed by atoms with Gasteiger partial charge in [-0.15, -0.1) is 0 Å². The van der Waals surface area contributed by atoms with Crippen molar-refractivity contribution in [2.45, 2.75) is 37.8 Å². The van der Waals surface area contributed by atoms with Crippen LogP contribution in [0.2, 0.25) is 0 Å². The number of hydrogen-bond donors (Lipinski definition) is 0. The zero-order chi connectivity index (χ0) is 15.5. The van der Waals surface area contributed by atoms with E-state index in [0.717, 1.165) is 24.2 Å². The topological polar surface area (TPSA) is 38.8 Å². The first-order valence-electron chi connectivity index (χ1n) is 8.17. The third-order valence-electron chi connectivity index (χ3n) is 5.16. The fraction of sp³-hybridized carbons (Fsp3) is 0.611. The summed E-state index contributed by atoms with van der Waals surface area (Å²) in [6, 6.07) is 8.75. The third kappa shape index (κ3) is 3.18. The molecule has 1 aromatic rings. The van der Waals surface area contributed by atoms with Gasteiger partial charge in [-0.3, -0.25) is 4.79 Å². The second-order valence-corrected chi connectivity index (χ2v) is 6.45. The number of ketones is 1. The van der Waals surface area contributed by atoms with Gasteiger partial charge in [0.05, 0.1) is 6.61 Å². The van der Waals surface area contributed by atoms with E-state index in [1.165, 1.54) is 12.8 Å². The Morgan fingerprint density at radius 2 is 1.77 bits per heavy atom. The molecule has 22 heavy (non-hydrogen) atoms. The molecule has 2 saturated heterocycles. The van der Waals surface area contributed by atoms with Crippen molar-refractivity contribution in [3.8, 4) is 5.75 Å². The van der Waals surface area contributed by atoms with E-state index in [1.54, 1.807) is 7.11 Å². The highest BCUT2D eigenvalue weighted by Gasteiger charge is 2.40. The van der Waals surface area contributed by atoms with E-state index < -0.39 is 0 Å². The van der Waals surface area contributed by atoms with Gasteiger partial charge in [-0.05, 0) is 57.0 Å². The first-order chi connectivity index (χ1) is 10.7. The van der Waals surface area contributed by atoms with Crippen molar-refractivity contribution < 1.29 is 14.3 Å². The van der Waals surface area contributed by atoms with E-state index in [4.69, 9.17) is 9.47 Å². The predicted octanol–water partition coefficient (Wildman–Crippen LogP) is 2.77. The molecule has 0 amide bonds. The molecular weight excluding hydrogens is 278 g/mol. The maximum Gasteiger partial charge on any atom is 0.166 e. The highest BCUT2D eigenvalue weighted by atomic mass is 16.5. The first-order valence-corrected chi connectivity index (χ1v) is 8.17. The molecule has 0 aromatic heterocycles. The molecule has 120 valence electrons. The van der Waals surface area contributed by atoms with Crippen molar-refractivity contribution in [1.82, 2.24) is 4.90 Å². The number of hydrogen-bond acceptors (Lipinski definition) is 4. The summed E-state index contributed by atoms with van der Waals surface area (Å²) >= 11 is 0. The molecule has 4 heteroatoms. The van der Waals surface area contributed by atoms with Crippen LogP contribution in [0, 0.1) is 5.92 Å². The van der Waals surface area contributed by atoms with Gasteiger partial charge in [0.15, 0.2) is 5.78 Å². The van der Waals surface area contributed by atoms with Crippen LogP contribution < -0.4 is 4.74 Å². The second-order valence-electron chi connectivity index (χ2n) is 6.45. The molecule has 0 N–H and O–H groups in total. The van der Waals surface area contributed by atoms with E-state index in [0.29, 0.717) is 31.1 Å². The van der Waals surface area contributed by atoms with Crippen molar-refractivity contribution in [3.05, 3.63) is 29.8 Å². The standard InChI is InChI=1S/C18H25NO3/c1-19-15-5-6-16(19)12-14(11-15)18(20)13-3-7-17(8-4-13)22-10-9-21-2/h3-4,7-8,14-16H,5-6,9-12H2,1-2H3. The molecule has 2 fully saturated rings. The molecule has 2 bridgehead atoms. The zero-order valence-corrected chi connectivity index (χ0v) is 13.5. The van der Waals surface area contributed by atoms with Gasteiger partial charge in [-0.1, -0.05) is 0 Å². The molecular formula is C18H25NO3. The summed E-state index contributed by atoms with van der Waals surface area (Å²) in [7, 11) is 3.86. The van der Waals surface area contributed by atoms with Crippen LogP contribution in [-0.4, -0.2) is 50.1 Å².